The van der Waals surface area contributed by atoms with Gasteiger partial charge in [0.15, 0.2) is 17.3 Å². The molecule has 3 rings (SSSR count). The molecule has 7 heteroatoms. The molecule has 0 bridgehead atoms. The van der Waals surface area contributed by atoms with Crippen LogP contribution in [0.25, 0.3) is 10.8 Å². The van der Waals surface area contributed by atoms with E-state index in [1.165, 1.54) is 0 Å². The SMILES string of the molecule is COc1ccc2c(OC)nc(Nc3cc(C)[nH]n3)cc2c1OC. The lowest BCUT2D eigenvalue weighted by Crippen LogP contribution is -1.99. The van der Waals surface area contributed by atoms with Crippen molar-refractivity contribution in [2.75, 3.05) is 26.6 Å². The number of nitrogens with one attached hydrogen (secondary N) is 2. The molecule has 0 amide bonds. The summed E-state index contributed by atoms with van der Waals surface area (Å²) in [4.78, 5) is 4.47. The number of benzene rings is 1. The van der Waals surface area contributed by atoms with Crippen molar-refractivity contribution in [3.8, 4) is 17.4 Å². The third kappa shape index (κ3) is 2.73. The summed E-state index contributed by atoms with van der Waals surface area (Å²) in [6, 6.07) is 7.49. The molecule has 0 radical (unpaired) electrons. The van der Waals surface area contributed by atoms with Crippen molar-refractivity contribution in [1.29, 1.82) is 0 Å². The summed E-state index contributed by atoms with van der Waals surface area (Å²) in [5, 5.41) is 11.9. The number of methoxy groups -OCH3 is 3. The maximum absolute atomic E-state index is 5.50. The van der Waals surface area contributed by atoms with Gasteiger partial charge in [-0.2, -0.15) is 10.1 Å². The van der Waals surface area contributed by atoms with Crippen LogP contribution in [0, 0.1) is 6.92 Å². The summed E-state index contributed by atoms with van der Waals surface area (Å²) in [5.74, 6) is 3.06. The first kappa shape index (κ1) is 15.0. The number of aromatic nitrogens is 3. The van der Waals surface area contributed by atoms with Gasteiger partial charge in [-0.3, -0.25) is 5.10 Å². The number of hydrogen-bond acceptors (Lipinski definition) is 6. The van der Waals surface area contributed by atoms with Crippen LogP contribution in [0.15, 0.2) is 24.3 Å². The van der Waals surface area contributed by atoms with Crippen molar-refractivity contribution in [3.63, 3.8) is 0 Å². The largest absolute Gasteiger partial charge is 0.493 e. The highest BCUT2D eigenvalue weighted by atomic mass is 16.5. The zero-order valence-corrected chi connectivity index (χ0v) is 13.4. The van der Waals surface area contributed by atoms with Gasteiger partial charge in [-0.05, 0) is 25.1 Å². The molecule has 0 aliphatic heterocycles. The minimum atomic E-state index is 0.498. The predicted molar refractivity (Wildman–Crippen MR) is 88.0 cm³/mol. The van der Waals surface area contributed by atoms with Crippen LogP contribution in [0.4, 0.5) is 11.6 Å². The Kier molecular flexibility index (Phi) is 3.92. The number of anilines is 2. The Balaban J connectivity index is 2.16. The fraction of sp³-hybridized carbons (Fsp3) is 0.250. The van der Waals surface area contributed by atoms with Crippen molar-refractivity contribution in [1.82, 2.24) is 15.2 Å². The van der Waals surface area contributed by atoms with Gasteiger partial charge in [0, 0.05) is 22.5 Å². The van der Waals surface area contributed by atoms with E-state index in [0.29, 0.717) is 29.0 Å². The number of ether oxygens (including phenoxy) is 3. The second-order valence-corrected chi connectivity index (χ2v) is 4.97. The highest BCUT2D eigenvalue weighted by Crippen LogP contribution is 2.39. The molecule has 0 aliphatic rings. The molecule has 7 nitrogen and oxygen atoms in total. The van der Waals surface area contributed by atoms with Gasteiger partial charge in [0.2, 0.25) is 5.88 Å². The lowest BCUT2D eigenvalue weighted by molar-refractivity contribution is 0.358. The van der Waals surface area contributed by atoms with E-state index < -0.39 is 0 Å². The molecule has 0 fully saturated rings. The fourth-order valence-corrected chi connectivity index (χ4v) is 2.45. The first-order valence-corrected chi connectivity index (χ1v) is 7.05. The van der Waals surface area contributed by atoms with Gasteiger partial charge >= 0.3 is 0 Å². The van der Waals surface area contributed by atoms with E-state index in [1.54, 1.807) is 21.3 Å². The Labute approximate surface area is 133 Å². The van der Waals surface area contributed by atoms with E-state index >= 15 is 0 Å². The molecular formula is C16H18N4O3. The standard InChI is InChI=1S/C16H18N4O3/c1-9-7-14(20-19-9)17-13-8-11-10(16(18-13)23-4)5-6-12(21-2)15(11)22-3/h5-8H,1-4H3,(H2,17,18,19,20). The van der Waals surface area contributed by atoms with Crippen LogP contribution in [0.1, 0.15) is 5.69 Å². The number of rotatable bonds is 5. The van der Waals surface area contributed by atoms with Crippen molar-refractivity contribution >= 4 is 22.4 Å². The van der Waals surface area contributed by atoms with Gasteiger partial charge in [0.25, 0.3) is 0 Å². The van der Waals surface area contributed by atoms with Gasteiger partial charge in [-0.1, -0.05) is 0 Å². The third-order valence-corrected chi connectivity index (χ3v) is 3.47. The molecule has 2 N–H and O–H groups in total. The molecule has 120 valence electrons. The smallest absolute Gasteiger partial charge is 0.223 e. The first-order chi connectivity index (χ1) is 11.2. The molecule has 23 heavy (non-hydrogen) atoms. The van der Waals surface area contributed by atoms with Crippen molar-refractivity contribution < 1.29 is 14.2 Å². The summed E-state index contributed by atoms with van der Waals surface area (Å²) < 4.78 is 16.3. The van der Waals surface area contributed by atoms with Gasteiger partial charge < -0.3 is 19.5 Å². The number of aromatic amines is 1. The average molecular weight is 314 g/mol. The number of H-pyrrole nitrogens is 1. The molecule has 0 spiro atoms. The van der Waals surface area contributed by atoms with Crippen LogP contribution >= 0.6 is 0 Å². The average Bonchev–Trinajstić information content (AvgIpc) is 2.97. The van der Waals surface area contributed by atoms with Crippen LogP contribution in [-0.2, 0) is 0 Å². The summed E-state index contributed by atoms with van der Waals surface area (Å²) >= 11 is 0. The van der Waals surface area contributed by atoms with Crippen LogP contribution in [0.5, 0.6) is 17.4 Å². The lowest BCUT2D eigenvalue weighted by Gasteiger charge is -2.14. The van der Waals surface area contributed by atoms with E-state index in [2.05, 4.69) is 20.5 Å². The van der Waals surface area contributed by atoms with Crippen LogP contribution in [0.2, 0.25) is 0 Å². The van der Waals surface area contributed by atoms with Crippen molar-refractivity contribution in [2.45, 2.75) is 6.92 Å². The third-order valence-electron chi connectivity index (χ3n) is 3.47. The molecule has 0 saturated carbocycles. The minimum Gasteiger partial charge on any atom is -0.493 e. The summed E-state index contributed by atoms with van der Waals surface area (Å²) in [5.41, 5.74) is 0.958. The second-order valence-electron chi connectivity index (χ2n) is 4.97. The zero-order chi connectivity index (χ0) is 16.4. The molecule has 1 aromatic carbocycles. The summed E-state index contributed by atoms with van der Waals surface area (Å²) in [6.07, 6.45) is 0. The fourth-order valence-electron chi connectivity index (χ4n) is 2.45. The van der Waals surface area contributed by atoms with Crippen LogP contribution in [-0.4, -0.2) is 36.5 Å². The predicted octanol–water partition coefficient (Wildman–Crippen LogP) is 3.04. The van der Waals surface area contributed by atoms with Gasteiger partial charge in [-0.15, -0.1) is 0 Å². The van der Waals surface area contributed by atoms with Gasteiger partial charge in [0.05, 0.1) is 21.3 Å². The number of hydrogen-bond donors (Lipinski definition) is 2. The molecule has 0 unspecified atom stereocenters. The highest BCUT2D eigenvalue weighted by molar-refractivity contribution is 5.96. The Hall–Kier alpha value is -2.96. The van der Waals surface area contributed by atoms with E-state index in [9.17, 15) is 0 Å². The van der Waals surface area contributed by atoms with E-state index in [0.717, 1.165) is 16.5 Å². The lowest BCUT2D eigenvalue weighted by atomic mass is 10.1. The van der Waals surface area contributed by atoms with Crippen molar-refractivity contribution in [3.05, 3.63) is 30.0 Å². The normalized spacial score (nSPS) is 10.6. The Morgan fingerprint density at radius 2 is 1.78 bits per heavy atom. The molecule has 0 aliphatic carbocycles. The second kappa shape index (κ2) is 6.04. The number of nitrogens with zero attached hydrogens (tertiary/aromatic N) is 2. The Morgan fingerprint density at radius 1 is 0.957 bits per heavy atom. The maximum Gasteiger partial charge on any atom is 0.223 e. The molecule has 0 atom stereocenters. The minimum absolute atomic E-state index is 0.498. The molecule has 0 saturated heterocycles. The first-order valence-electron chi connectivity index (χ1n) is 7.05. The number of pyridine rings is 1. The Morgan fingerprint density at radius 3 is 2.39 bits per heavy atom. The monoisotopic (exact) mass is 314 g/mol. The van der Waals surface area contributed by atoms with Crippen molar-refractivity contribution in [2.24, 2.45) is 0 Å². The Bertz CT molecular complexity index is 845. The van der Waals surface area contributed by atoms with Gasteiger partial charge in [-0.25, -0.2) is 0 Å². The topological polar surface area (TPSA) is 81.3 Å². The summed E-state index contributed by atoms with van der Waals surface area (Å²) in [6.45, 7) is 1.93. The summed E-state index contributed by atoms with van der Waals surface area (Å²) in [7, 11) is 4.79. The zero-order valence-electron chi connectivity index (χ0n) is 13.4. The molecular weight excluding hydrogens is 296 g/mol. The maximum atomic E-state index is 5.50. The van der Waals surface area contributed by atoms with E-state index in [1.807, 2.05) is 31.2 Å². The molecule has 2 aromatic heterocycles. The van der Waals surface area contributed by atoms with E-state index in [-0.39, 0.29) is 0 Å². The quantitative estimate of drug-likeness (QED) is 0.753. The van der Waals surface area contributed by atoms with Crippen LogP contribution in [0.3, 0.4) is 0 Å². The van der Waals surface area contributed by atoms with Crippen LogP contribution < -0.4 is 19.5 Å². The number of aryl methyl sites for hydroxylation is 1. The highest BCUT2D eigenvalue weighted by Gasteiger charge is 2.15. The van der Waals surface area contributed by atoms with E-state index in [4.69, 9.17) is 14.2 Å². The number of fused-ring (bicyclic) bond motifs is 1. The van der Waals surface area contributed by atoms with Gasteiger partial charge in [0.1, 0.15) is 5.82 Å². The molecule has 2 heterocycles. The molecule has 3 aromatic rings.